The second-order valence-electron chi connectivity index (χ2n) is 5.39. The summed E-state index contributed by atoms with van der Waals surface area (Å²) in [6.45, 7) is 0. The van der Waals surface area contributed by atoms with Crippen LogP contribution >= 0.6 is 0 Å². The van der Waals surface area contributed by atoms with Crippen molar-refractivity contribution in [1.29, 1.82) is 0 Å². The maximum absolute atomic E-state index is 12.5. The molecule has 5 nitrogen and oxygen atoms in total. The highest BCUT2D eigenvalue weighted by Gasteiger charge is 2.47. The minimum Gasteiger partial charge on any atom is -0.467 e. The average Bonchev–Trinajstić information content (AvgIpc) is 2.65. The summed E-state index contributed by atoms with van der Waals surface area (Å²) in [5.74, 6) is 4.04. The van der Waals surface area contributed by atoms with Crippen molar-refractivity contribution in [3.8, 4) is 11.8 Å². The minimum atomic E-state index is -1.77. The second-order valence-corrected chi connectivity index (χ2v) is 5.39. The van der Waals surface area contributed by atoms with Crippen LogP contribution in [0.15, 0.2) is 54.6 Å². The van der Waals surface area contributed by atoms with E-state index in [1.54, 1.807) is 36.4 Å². The van der Waals surface area contributed by atoms with Crippen molar-refractivity contribution < 1.29 is 19.1 Å². The van der Waals surface area contributed by atoms with Crippen LogP contribution in [0.2, 0.25) is 0 Å². The molecule has 2 rings (SSSR count). The number of anilines is 1. The Bertz CT molecular complexity index is 802. The number of methoxy groups -OCH3 is 2. The van der Waals surface area contributed by atoms with Crippen molar-refractivity contribution in [3.05, 3.63) is 65.7 Å². The van der Waals surface area contributed by atoms with Gasteiger partial charge >= 0.3 is 11.9 Å². The van der Waals surface area contributed by atoms with E-state index in [0.29, 0.717) is 11.3 Å². The van der Waals surface area contributed by atoms with E-state index in [-0.39, 0.29) is 6.42 Å². The summed E-state index contributed by atoms with van der Waals surface area (Å²) in [5, 5.41) is 0. The predicted molar refractivity (Wildman–Crippen MR) is 94.3 cm³/mol. The zero-order valence-corrected chi connectivity index (χ0v) is 14.1. The van der Waals surface area contributed by atoms with Gasteiger partial charge in [-0.1, -0.05) is 54.3 Å². The Morgan fingerprint density at radius 3 is 2.08 bits per heavy atom. The quantitative estimate of drug-likeness (QED) is 0.400. The molecule has 5 heteroatoms. The largest absolute Gasteiger partial charge is 0.467 e. The average molecular weight is 337 g/mol. The Morgan fingerprint density at radius 2 is 1.52 bits per heavy atom. The third kappa shape index (κ3) is 3.99. The van der Waals surface area contributed by atoms with Crippen molar-refractivity contribution in [2.45, 2.75) is 6.42 Å². The molecule has 0 unspecified atom stereocenters. The number of benzene rings is 2. The number of hydrogen-bond donors (Lipinski definition) is 1. The first-order valence-electron chi connectivity index (χ1n) is 7.62. The zero-order valence-electron chi connectivity index (χ0n) is 14.1. The van der Waals surface area contributed by atoms with Gasteiger partial charge in [-0.25, -0.2) is 9.59 Å². The normalized spacial score (nSPS) is 10.3. The second kappa shape index (κ2) is 8.02. The number of nitrogens with two attached hydrogens (primary N) is 1. The van der Waals surface area contributed by atoms with E-state index in [1.807, 2.05) is 18.2 Å². The van der Waals surface area contributed by atoms with Gasteiger partial charge in [0.2, 0.25) is 5.41 Å². The third-order valence-corrected chi connectivity index (χ3v) is 3.75. The highest BCUT2D eigenvalue weighted by molar-refractivity contribution is 6.04. The van der Waals surface area contributed by atoms with Crippen molar-refractivity contribution in [2.75, 3.05) is 20.0 Å². The maximum atomic E-state index is 12.5. The van der Waals surface area contributed by atoms with Crippen molar-refractivity contribution >= 4 is 17.6 Å². The zero-order chi connectivity index (χ0) is 18.3. The van der Waals surface area contributed by atoms with Gasteiger partial charge < -0.3 is 15.2 Å². The Labute approximate surface area is 146 Å². The first-order chi connectivity index (χ1) is 12.0. The predicted octanol–water partition coefficient (Wildman–Crippen LogP) is 2.20. The molecule has 0 aliphatic carbocycles. The van der Waals surface area contributed by atoms with E-state index in [9.17, 15) is 9.59 Å². The Hall–Kier alpha value is -3.26. The molecule has 2 N–H and O–H groups in total. The molecule has 0 aliphatic heterocycles. The molecular formula is C20H19NO4. The van der Waals surface area contributed by atoms with Gasteiger partial charge in [0, 0.05) is 17.7 Å². The third-order valence-electron chi connectivity index (χ3n) is 3.75. The lowest BCUT2D eigenvalue weighted by Gasteiger charge is -2.23. The molecular weight excluding hydrogens is 318 g/mol. The molecule has 0 saturated heterocycles. The molecule has 2 aromatic carbocycles. The fourth-order valence-electron chi connectivity index (χ4n) is 2.41. The first-order valence-corrected chi connectivity index (χ1v) is 7.62. The molecule has 0 aromatic heterocycles. The lowest BCUT2D eigenvalue weighted by molar-refractivity contribution is -0.164. The van der Waals surface area contributed by atoms with E-state index >= 15 is 0 Å². The van der Waals surface area contributed by atoms with Gasteiger partial charge in [-0.2, -0.15) is 0 Å². The molecule has 0 atom stereocenters. The summed E-state index contributed by atoms with van der Waals surface area (Å²) >= 11 is 0. The molecule has 0 heterocycles. The highest BCUT2D eigenvalue weighted by atomic mass is 16.5. The van der Waals surface area contributed by atoms with Crippen LogP contribution in [0, 0.1) is 17.3 Å². The smallest absolute Gasteiger partial charge is 0.335 e. The molecule has 2 aromatic rings. The molecule has 0 saturated carbocycles. The summed E-state index contributed by atoms with van der Waals surface area (Å²) in [4.78, 5) is 25.0. The van der Waals surface area contributed by atoms with Gasteiger partial charge in [-0.05, 0) is 17.7 Å². The van der Waals surface area contributed by atoms with E-state index in [4.69, 9.17) is 15.2 Å². The number of carbonyl (C=O) groups excluding carboxylic acids is 2. The van der Waals surface area contributed by atoms with E-state index in [2.05, 4.69) is 11.8 Å². The number of ether oxygens (including phenoxy) is 2. The summed E-state index contributed by atoms with van der Waals surface area (Å²) in [5.41, 5.74) is 5.85. The fourth-order valence-corrected chi connectivity index (χ4v) is 2.41. The van der Waals surface area contributed by atoms with Crippen LogP contribution in [0.25, 0.3) is 0 Å². The molecule has 0 fully saturated rings. The highest BCUT2D eigenvalue weighted by Crippen LogP contribution is 2.27. The van der Waals surface area contributed by atoms with Gasteiger partial charge in [-0.15, -0.1) is 0 Å². The summed E-state index contributed by atoms with van der Waals surface area (Å²) in [6.07, 6.45) is 0.0346. The Balaban J connectivity index is 2.56. The van der Waals surface area contributed by atoms with Crippen LogP contribution in [0.4, 0.5) is 5.69 Å². The van der Waals surface area contributed by atoms with Crippen LogP contribution in [-0.4, -0.2) is 26.2 Å². The molecule has 128 valence electrons. The summed E-state index contributed by atoms with van der Waals surface area (Å²) < 4.78 is 9.71. The monoisotopic (exact) mass is 337 g/mol. The number of esters is 2. The van der Waals surface area contributed by atoms with Gasteiger partial charge in [-0.3, -0.25) is 0 Å². The van der Waals surface area contributed by atoms with Crippen LogP contribution < -0.4 is 5.73 Å². The van der Waals surface area contributed by atoms with Crippen LogP contribution in [0.1, 0.15) is 11.1 Å². The Morgan fingerprint density at radius 1 is 0.960 bits per heavy atom. The number of nitrogen functional groups attached to an aromatic ring is 1. The van der Waals surface area contributed by atoms with Gasteiger partial charge in [0.15, 0.2) is 0 Å². The van der Waals surface area contributed by atoms with E-state index < -0.39 is 17.4 Å². The lowest BCUT2D eigenvalue weighted by Crippen LogP contribution is -2.42. The lowest BCUT2D eigenvalue weighted by atomic mass is 9.81. The number of carbonyl (C=O) groups is 2. The number of rotatable bonds is 4. The number of hydrogen-bond acceptors (Lipinski definition) is 5. The van der Waals surface area contributed by atoms with Crippen LogP contribution in [-0.2, 0) is 25.5 Å². The van der Waals surface area contributed by atoms with Crippen molar-refractivity contribution in [2.24, 2.45) is 5.41 Å². The maximum Gasteiger partial charge on any atom is 0.335 e. The van der Waals surface area contributed by atoms with Gasteiger partial charge in [0.05, 0.1) is 14.2 Å². The van der Waals surface area contributed by atoms with Gasteiger partial charge in [0.25, 0.3) is 0 Å². The minimum absolute atomic E-state index is 0.0346. The van der Waals surface area contributed by atoms with Crippen molar-refractivity contribution in [1.82, 2.24) is 0 Å². The number of para-hydroxylation sites is 1. The van der Waals surface area contributed by atoms with Crippen LogP contribution in [0.3, 0.4) is 0 Å². The standard InChI is InChI=1S/C20H19NO4/c1-24-18(22)20(19(23)25-2,14-15-8-4-3-5-9-15)13-12-16-10-6-7-11-17(16)21/h3-11H,14,21H2,1-2H3. The Kier molecular flexibility index (Phi) is 5.80. The molecule has 0 aliphatic rings. The molecule has 0 spiro atoms. The van der Waals surface area contributed by atoms with E-state index in [1.165, 1.54) is 14.2 Å². The molecule has 0 amide bonds. The van der Waals surface area contributed by atoms with Crippen molar-refractivity contribution in [3.63, 3.8) is 0 Å². The molecule has 0 radical (unpaired) electrons. The summed E-state index contributed by atoms with van der Waals surface area (Å²) in [7, 11) is 2.42. The van der Waals surface area contributed by atoms with E-state index in [0.717, 1.165) is 5.56 Å². The fraction of sp³-hybridized carbons (Fsp3) is 0.200. The SMILES string of the molecule is COC(=O)C(C#Cc1ccccc1N)(Cc1ccccc1)C(=O)OC. The molecule has 0 bridgehead atoms. The summed E-state index contributed by atoms with van der Waals surface area (Å²) in [6, 6.07) is 16.0. The topological polar surface area (TPSA) is 78.6 Å². The first kappa shape index (κ1) is 18.1. The van der Waals surface area contributed by atoms with Gasteiger partial charge in [0.1, 0.15) is 0 Å². The van der Waals surface area contributed by atoms with Crippen LogP contribution in [0.5, 0.6) is 0 Å². The molecule has 25 heavy (non-hydrogen) atoms.